The SMILES string of the molecule is c1ccc(C2NCC3Cc4ccccc4CC32)cc1. The lowest BCUT2D eigenvalue weighted by molar-refractivity contribution is 0.343. The van der Waals surface area contributed by atoms with Gasteiger partial charge in [-0.15, -0.1) is 0 Å². The molecule has 2 aromatic rings. The molecule has 1 aliphatic heterocycles. The molecule has 1 N–H and O–H groups in total. The van der Waals surface area contributed by atoms with Crippen LogP contribution in [0, 0.1) is 11.8 Å². The fraction of sp³-hybridized carbons (Fsp3) is 0.333. The third kappa shape index (κ3) is 1.89. The quantitative estimate of drug-likeness (QED) is 0.817. The van der Waals surface area contributed by atoms with Crippen molar-refractivity contribution in [1.29, 1.82) is 0 Å². The maximum Gasteiger partial charge on any atom is 0.0355 e. The van der Waals surface area contributed by atoms with Crippen molar-refractivity contribution in [2.75, 3.05) is 6.54 Å². The molecule has 0 radical (unpaired) electrons. The summed E-state index contributed by atoms with van der Waals surface area (Å²) in [5.41, 5.74) is 4.59. The predicted molar refractivity (Wildman–Crippen MR) is 78.0 cm³/mol. The van der Waals surface area contributed by atoms with Gasteiger partial charge in [0.2, 0.25) is 0 Å². The zero-order valence-electron chi connectivity index (χ0n) is 11.0. The zero-order chi connectivity index (χ0) is 12.7. The van der Waals surface area contributed by atoms with Gasteiger partial charge >= 0.3 is 0 Å². The Balaban J connectivity index is 1.66. The Labute approximate surface area is 114 Å². The first-order chi connectivity index (χ1) is 9.42. The Hall–Kier alpha value is -1.60. The molecule has 1 fully saturated rings. The number of hydrogen-bond acceptors (Lipinski definition) is 1. The second-order valence-corrected chi connectivity index (χ2v) is 5.90. The van der Waals surface area contributed by atoms with E-state index in [0.29, 0.717) is 6.04 Å². The van der Waals surface area contributed by atoms with Crippen LogP contribution in [0.2, 0.25) is 0 Å². The molecule has 0 spiro atoms. The topological polar surface area (TPSA) is 12.0 Å². The fourth-order valence-corrected chi connectivity index (χ4v) is 3.88. The highest BCUT2D eigenvalue weighted by Gasteiger charge is 2.39. The molecule has 1 saturated heterocycles. The van der Waals surface area contributed by atoms with Crippen LogP contribution in [0.4, 0.5) is 0 Å². The largest absolute Gasteiger partial charge is 0.309 e. The summed E-state index contributed by atoms with van der Waals surface area (Å²) < 4.78 is 0. The van der Waals surface area contributed by atoms with Gasteiger partial charge in [-0.25, -0.2) is 0 Å². The van der Waals surface area contributed by atoms with E-state index in [1.807, 2.05) is 0 Å². The first-order valence-electron chi connectivity index (χ1n) is 7.27. The number of benzene rings is 2. The summed E-state index contributed by atoms with van der Waals surface area (Å²) in [5, 5.41) is 3.75. The summed E-state index contributed by atoms with van der Waals surface area (Å²) in [6.45, 7) is 1.17. The highest BCUT2D eigenvalue weighted by Crippen LogP contribution is 2.41. The molecule has 3 unspecified atom stereocenters. The van der Waals surface area contributed by atoms with Crippen LogP contribution in [0.25, 0.3) is 0 Å². The minimum atomic E-state index is 0.541. The van der Waals surface area contributed by atoms with Crippen LogP contribution < -0.4 is 5.32 Å². The van der Waals surface area contributed by atoms with Gasteiger partial charge in [0.15, 0.2) is 0 Å². The maximum absolute atomic E-state index is 3.75. The highest BCUT2D eigenvalue weighted by atomic mass is 15.0. The van der Waals surface area contributed by atoms with Crippen molar-refractivity contribution in [1.82, 2.24) is 5.32 Å². The third-order valence-electron chi connectivity index (χ3n) is 4.85. The molecule has 0 bridgehead atoms. The minimum absolute atomic E-state index is 0.541. The van der Waals surface area contributed by atoms with Crippen molar-refractivity contribution < 1.29 is 0 Å². The van der Waals surface area contributed by atoms with Crippen LogP contribution in [0.5, 0.6) is 0 Å². The van der Waals surface area contributed by atoms with Gasteiger partial charge < -0.3 is 5.32 Å². The molecule has 0 saturated carbocycles. The molecule has 0 amide bonds. The third-order valence-corrected chi connectivity index (χ3v) is 4.85. The first-order valence-corrected chi connectivity index (χ1v) is 7.27. The van der Waals surface area contributed by atoms with E-state index in [-0.39, 0.29) is 0 Å². The van der Waals surface area contributed by atoms with E-state index in [1.165, 1.54) is 24.9 Å². The van der Waals surface area contributed by atoms with Gasteiger partial charge in [-0.3, -0.25) is 0 Å². The Bertz CT molecular complexity index is 575. The van der Waals surface area contributed by atoms with Gasteiger partial charge in [-0.05, 0) is 47.9 Å². The summed E-state index contributed by atoms with van der Waals surface area (Å²) in [6, 6.07) is 20.5. The first kappa shape index (κ1) is 11.2. The van der Waals surface area contributed by atoms with Crippen LogP contribution in [-0.4, -0.2) is 6.54 Å². The molecule has 2 aromatic carbocycles. The molecule has 0 aromatic heterocycles. The van der Waals surface area contributed by atoms with Crippen LogP contribution in [0.3, 0.4) is 0 Å². The molecule has 96 valence electrons. The lowest BCUT2D eigenvalue weighted by Gasteiger charge is -2.30. The fourth-order valence-electron chi connectivity index (χ4n) is 3.88. The van der Waals surface area contributed by atoms with E-state index in [9.17, 15) is 0 Å². The number of rotatable bonds is 1. The van der Waals surface area contributed by atoms with Crippen molar-refractivity contribution in [3.63, 3.8) is 0 Å². The number of nitrogens with one attached hydrogen (secondary N) is 1. The summed E-state index contributed by atoms with van der Waals surface area (Å²) >= 11 is 0. The summed E-state index contributed by atoms with van der Waals surface area (Å²) in [6.07, 6.45) is 2.48. The molecule has 3 atom stereocenters. The van der Waals surface area contributed by atoms with Gasteiger partial charge in [0.1, 0.15) is 0 Å². The second-order valence-electron chi connectivity index (χ2n) is 5.90. The molecule has 4 rings (SSSR count). The molecule has 19 heavy (non-hydrogen) atoms. The standard InChI is InChI=1S/C18H19N/c1-2-6-13(7-3-1)18-17-11-15-9-5-4-8-14(15)10-16(17)12-19-18/h1-9,16-19H,10-12H2. The Morgan fingerprint density at radius 2 is 1.47 bits per heavy atom. The predicted octanol–water partition coefficient (Wildman–Crippen LogP) is 3.36. The van der Waals surface area contributed by atoms with E-state index in [2.05, 4.69) is 59.9 Å². The van der Waals surface area contributed by atoms with Gasteiger partial charge in [0.05, 0.1) is 0 Å². The minimum Gasteiger partial charge on any atom is -0.309 e. The molecule has 2 aliphatic rings. The average molecular weight is 249 g/mol. The van der Waals surface area contributed by atoms with Crippen LogP contribution in [0.15, 0.2) is 54.6 Å². The summed E-state index contributed by atoms with van der Waals surface area (Å²) in [7, 11) is 0. The number of hydrogen-bond donors (Lipinski definition) is 1. The zero-order valence-corrected chi connectivity index (χ0v) is 11.0. The number of fused-ring (bicyclic) bond motifs is 2. The van der Waals surface area contributed by atoms with Crippen molar-refractivity contribution in [2.24, 2.45) is 11.8 Å². The summed E-state index contributed by atoms with van der Waals surface area (Å²) in [4.78, 5) is 0. The average Bonchev–Trinajstić information content (AvgIpc) is 2.88. The molecule has 1 nitrogen and oxygen atoms in total. The molecular weight excluding hydrogens is 230 g/mol. The van der Waals surface area contributed by atoms with E-state index < -0.39 is 0 Å². The van der Waals surface area contributed by atoms with Gasteiger partial charge in [-0.1, -0.05) is 54.6 Å². The highest BCUT2D eigenvalue weighted by molar-refractivity contribution is 5.33. The molecule has 1 heterocycles. The van der Waals surface area contributed by atoms with Crippen LogP contribution in [0.1, 0.15) is 22.7 Å². The van der Waals surface area contributed by atoms with Crippen molar-refractivity contribution in [3.05, 3.63) is 71.3 Å². The Morgan fingerprint density at radius 1 is 0.789 bits per heavy atom. The molecular formula is C18H19N. The molecule has 1 heteroatoms. The van der Waals surface area contributed by atoms with Crippen molar-refractivity contribution in [3.8, 4) is 0 Å². The van der Waals surface area contributed by atoms with E-state index >= 15 is 0 Å². The Kier molecular flexibility index (Phi) is 2.66. The smallest absolute Gasteiger partial charge is 0.0355 e. The van der Waals surface area contributed by atoms with Gasteiger partial charge in [-0.2, -0.15) is 0 Å². The summed E-state index contributed by atoms with van der Waals surface area (Å²) in [5.74, 6) is 1.57. The van der Waals surface area contributed by atoms with E-state index in [1.54, 1.807) is 11.1 Å². The Morgan fingerprint density at radius 3 is 2.26 bits per heavy atom. The maximum atomic E-state index is 3.75. The lowest BCUT2D eigenvalue weighted by Crippen LogP contribution is -2.25. The van der Waals surface area contributed by atoms with Crippen LogP contribution in [-0.2, 0) is 12.8 Å². The van der Waals surface area contributed by atoms with E-state index in [4.69, 9.17) is 0 Å². The second kappa shape index (κ2) is 4.50. The van der Waals surface area contributed by atoms with Crippen molar-refractivity contribution >= 4 is 0 Å². The normalized spacial score (nSPS) is 28.7. The van der Waals surface area contributed by atoms with Gasteiger partial charge in [0.25, 0.3) is 0 Å². The van der Waals surface area contributed by atoms with E-state index in [0.717, 1.165) is 11.8 Å². The van der Waals surface area contributed by atoms with Crippen molar-refractivity contribution in [2.45, 2.75) is 18.9 Å². The van der Waals surface area contributed by atoms with Crippen LogP contribution >= 0.6 is 0 Å². The monoisotopic (exact) mass is 249 g/mol. The van der Waals surface area contributed by atoms with Gasteiger partial charge in [0, 0.05) is 6.04 Å². The molecule has 1 aliphatic carbocycles. The lowest BCUT2D eigenvalue weighted by atomic mass is 9.74.